The first-order chi connectivity index (χ1) is 17.6. The van der Waals surface area contributed by atoms with Crippen molar-refractivity contribution in [2.75, 3.05) is 0 Å². The first-order valence-corrected chi connectivity index (χ1v) is 10.9. The number of hydrogen-bond donors (Lipinski definition) is 1. The summed E-state index contributed by atoms with van der Waals surface area (Å²) in [5.41, 5.74) is 0.863. The van der Waals surface area contributed by atoms with Crippen LogP contribution >= 0.6 is 0 Å². The summed E-state index contributed by atoms with van der Waals surface area (Å²) in [4.78, 5) is 4.48. The molecule has 5 heterocycles. The molecule has 10 nitrogen and oxygen atoms in total. The van der Waals surface area contributed by atoms with Crippen molar-refractivity contribution in [3.05, 3.63) is 77.5 Å². The van der Waals surface area contributed by atoms with Gasteiger partial charge in [0.2, 0.25) is 5.88 Å². The van der Waals surface area contributed by atoms with Crippen LogP contribution in [0, 0.1) is 18.3 Å². The first-order valence-electron chi connectivity index (χ1n) is 10.9. The molecule has 37 heavy (non-hydrogen) atoms. The molecule has 0 aromatic carbocycles. The number of nitriles is 1. The number of aromatic nitrogens is 7. The van der Waals surface area contributed by atoms with Crippen molar-refractivity contribution in [1.29, 1.82) is 5.26 Å². The summed E-state index contributed by atoms with van der Waals surface area (Å²) in [6.45, 7) is 3.25. The van der Waals surface area contributed by atoms with Crippen molar-refractivity contribution in [3.8, 4) is 34.8 Å². The number of aryl methyl sites for hydroxylation is 1. The number of fused-ring (bicyclic) bond motifs is 1. The number of aliphatic hydroxyl groups excluding tert-OH is 1. The molecule has 0 saturated carbocycles. The second kappa shape index (κ2) is 8.99. The summed E-state index contributed by atoms with van der Waals surface area (Å²) in [6, 6.07) is 12.4. The lowest BCUT2D eigenvalue weighted by atomic mass is 10.1. The highest BCUT2D eigenvalue weighted by molar-refractivity contribution is 5.78. The van der Waals surface area contributed by atoms with Gasteiger partial charge in [0.15, 0.2) is 11.5 Å². The van der Waals surface area contributed by atoms with E-state index in [1.807, 2.05) is 6.92 Å². The topological polar surface area (TPSA) is 127 Å². The van der Waals surface area contributed by atoms with E-state index in [4.69, 9.17) is 4.74 Å². The lowest BCUT2D eigenvalue weighted by Gasteiger charge is -2.13. The molecule has 0 bridgehead atoms. The van der Waals surface area contributed by atoms with Crippen LogP contribution in [0.4, 0.5) is 13.2 Å². The minimum atomic E-state index is -4.76. The Labute approximate surface area is 207 Å². The molecular weight excluding hydrogens is 489 g/mol. The van der Waals surface area contributed by atoms with Gasteiger partial charge in [-0.05, 0) is 38.1 Å². The average molecular weight is 506 g/mol. The molecule has 0 aliphatic rings. The summed E-state index contributed by atoms with van der Waals surface area (Å²) in [7, 11) is 0. The highest BCUT2D eigenvalue weighted by atomic mass is 19.4. The number of pyridine rings is 2. The van der Waals surface area contributed by atoms with Crippen LogP contribution in [-0.2, 0) is 6.18 Å². The Bertz CT molecular complexity index is 1650. The Morgan fingerprint density at radius 1 is 1.11 bits per heavy atom. The van der Waals surface area contributed by atoms with Crippen molar-refractivity contribution in [1.82, 2.24) is 34.6 Å². The normalized spacial score (nSPS) is 12.5. The average Bonchev–Trinajstić information content (AvgIpc) is 3.49. The van der Waals surface area contributed by atoms with Crippen LogP contribution in [0.15, 0.2) is 54.9 Å². The van der Waals surface area contributed by atoms with Gasteiger partial charge in [-0.2, -0.15) is 33.7 Å². The number of hydrogen-bond acceptors (Lipinski definition) is 8. The molecule has 0 saturated heterocycles. The number of ether oxygens (including phenoxy) is 1. The van der Waals surface area contributed by atoms with E-state index in [-0.39, 0.29) is 17.1 Å². The Morgan fingerprint density at radius 2 is 1.92 bits per heavy atom. The van der Waals surface area contributed by atoms with E-state index < -0.39 is 18.0 Å². The molecule has 0 aliphatic carbocycles. The molecule has 0 fully saturated rings. The van der Waals surface area contributed by atoms with Gasteiger partial charge in [0, 0.05) is 23.3 Å². The van der Waals surface area contributed by atoms with Crippen LogP contribution in [0.3, 0.4) is 0 Å². The van der Waals surface area contributed by atoms with Crippen LogP contribution < -0.4 is 4.74 Å². The Morgan fingerprint density at radius 3 is 2.59 bits per heavy atom. The maximum atomic E-state index is 13.3. The molecule has 186 valence electrons. The molecule has 13 heteroatoms. The predicted octanol–water partition coefficient (Wildman–Crippen LogP) is 4.42. The van der Waals surface area contributed by atoms with Crippen molar-refractivity contribution in [2.24, 2.45) is 0 Å². The summed E-state index contributed by atoms with van der Waals surface area (Å²) >= 11 is 0. The van der Waals surface area contributed by atoms with Crippen LogP contribution in [0.1, 0.15) is 35.7 Å². The maximum absolute atomic E-state index is 13.3. The number of rotatable bonds is 5. The maximum Gasteiger partial charge on any atom is 0.435 e. The third-order valence-electron chi connectivity index (χ3n) is 5.43. The summed E-state index contributed by atoms with van der Waals surface area (Å²) in [6.07, 6.45) is -2.68. The van der Waals surface area contributed by atoms with Gasteiger partial charge in [0.25, 0.3) is 0 Å². The number of halogens is 3. The Balaban J connectivity index is 1.57. The lowest BCUT2D eigenvalue weighted by molar-refractivity contribution is -0.141. The van der Waals surface area contributed by atoms with E-state index in [0.717, 1.165) is 10.4 Å². The molecule has 5 aromatic rings. The Kier molecular flexibility index (Phi) is 5.81. The molecular formula is C24H17F3N8O2. The third-order valence-corrected chi connectivity index (χ3v) is 5.43. The van der Waals surface area contributed by atoms with Crippen molar-refractivity contribution < 1.29 is 23.0 Å². The second-order valence-corrected chi connectivity index (χ2v) is 8.09. The first kappa shape index (κ1) is 23.9. The fraction of sp³-hybridized carbons (Fsp3) is 0.167. The minimum Gasteiger partial charge on any atom is -0.436 e. The standard InChI is InChI=1S/C24H17F3N8O2/c1-13-3-8-22(32-31-13)37-16-4-7-20-18(11-29-34(20)12-16)19-6-5-17(14(2)36)23(30-19)35-15(10-28)9-21(33-35)24(25,26)27/h3-9,11-12,14,36H,1-2H3. The van der Waals surface area contributed by atoms with Gasteiger partial charge < -0.3 is 9.84 Å². The van der Waals surface area contributed by atoms with Crippen molar-refractivity contribution in [2.45, 2.75) is 26.1 Å². The fourth-order valence-corrected chi connectivity index (χ4v) is 3.65. The van der Waals surface area contributed by atoms with Gasteiger partial charge in [0.05, 0.1) is 35.4 Å². The van der Waals surface area contributed by atoms with E-state index in [0.29, 0.717) is 34.5 Å². The lowest BCUT2D eigenvalue weighted by Crippen LogP contribution is -2.11. The predicted molar refractivity (Wildman–Crippen MR) is 123 cm³/mol. The quantitative estimate of drug-likeness (QED) is 0.371. The van der Waals surface area contributed by atoms with E-state index in [9.17, 15) is 23.5 Å². The summed E-state index contributed by atoms with van der Waals surface area (Å²) in [5, 5.41) is 35.5. The zero-order valence-corrected chi connectivity index (χ0v) is 19.3. The second-order valence-electron chi connectivity index (χ2n) is 8.09. The summed E-state index contributed by atoms with van der Waals surface area (Å²) < 4.78 is 47.9. The highest BCUT2D eigenvalue weighted by Crippen LogP contribution is 2.32. The van der Waals surface area contributed by atoms with Gasteiger partial charge in [-0.15, -0.1) is 5.10 Å². The summed E-state index contributed by atoms with van der Waals surface area (Å²) in [5.74, 6) is 0.660. The SMILES string of the molecule is Cc1ccc(Oc2ccc3c(-c4ccc(C(C)O)c(-n5nc(C(F)(F)F)cc5C#N)n4)cnn3c2)nn1. The van der Waals surface area contributed by atoms with E-state index in [2.05, 4.69) is 25.4 Å². The smallest absolute Gasteiger partial charge is 0.435 e. The molecule has 0 radical (unpaired) electrons. The van der Waals surface area contributed by atoms with Gasteiger partial charge in [-0.3, -0.25) is 0 Å². The number of alkyl halides is 3. The van der Waals surface area contributed by atoms with Gasteiger partial charge in [-0.25, -0.2) is 14.2 Å². The van der Waals surface area contributed by atoms with E-state index in [1.165, 1.54) is 19.2 Å². The van der Waals surface area contributed by atoms with Crippen molar-refractivity contribution >= 4 is 5.52 Å². The van der Waals surface area contributed by atoms with E-state index >= 15 is 0 Å². The van der Waals surface area contributed by atoms with Crippen LogP contribution in [0.25, 0.3) is 22.6 Å². The molecule has 1 N–H and O–H groups in total. The molecule has 5 aromatic heterocycles. The zero-order chi connectivity index (χ0) is 26.3. The molecule has 1 unspecified atom stereocenters. The van der Waals surface area contributed by atoms with Crippen LogP contribution in [0.5, 0.6) is 11.6 Å². The van der Waals surface area contributed by atoms with Gasteiger partial charge in [-0.1, -0.05) is 6.07 Å². The van der Waals surface area contributed by atoms with E-state index in [1.54, 1.807) is 47.1 Å². The highest BCUT2D eigenvalue weighted by Gasteiger charge is 2.35. The van der Waals surface area contributed by atoms with Crippen molar-refractivity contribution in [3.63, 3.8) is 0 Å². The molecule has 0 spiro atoms. The molecule has 0 aliphatic heterocycles. The molecule has 1 atom stereocenters. The van der Waals surface area contributed by atoms with Crippen LogP contribution in [-0.4, -0.2) is 39.7 Å². The zero-order valence-electron chi connectivity index (χ0n) is 19.3. The monoisotopic (exact) mass is 506 g/mol. The fourth-order valence-electron chi connectivity index (χ4n) is 3.65. The van der Waals surface area contributed by atoms with Crippen LogP contribution in [0.2, 0.25) is 0 Å². The molecule has 0 amide bonds. The molecule has 5 rings (SSSR count). The number of nitrogens with zero attached hydrogens (tertiary/aromatic N) is 8. The number of aliphatic hydroxyl groups is 1. The van der Waals surface area contributed by atoms with Gasteiger partial charge >= 0.3 is 6.18 Å². The minimum absolute atomic E-state index is 0.100. The largest absolute Gasteiger partial charge is 0.436 e. The Hall–Kier alpha value is -4.83. The third kappa shape index (κ3) is 4.57. The van der Waals surface area contributed by atoms with Gasteiger partial charge in [0.1, 0.15) is 17.5 Å².